The molecule has 0 spiro atoms. The Bertz CT molecular complexity index is 3160. The molecule has 11 aromatic rings. The van der Waals surface area contributed by atoms with E-state index in [1.165, 1.54) is 32.9 Å². The summed E-state index contributed by atoms with van der Waals surface area (Å²) in [6.07, 6.45) is 0. The Morgan fingerprint density at radius 3 is 1.46 bits per heavy atom. The van der Waals surface area contributed by atoms with E-state index in [1.54, 1.807) is 0 Å². The van der Waals surface area contributed by atoms with Gasteiger partial charge >= 0.3 is 0 Å². The average Bonchev–Trinajstić information content (AvgIpc) is 3.82. The second-order valence-electron chi connectivity index (χ2n) is 14.1. The molecule has 0 aliphatic carbocycles. The summed E-state index contributed by atoms with van der Waals surface area (Å²) >= 11 is 0. The van der Waals surface area contributed by atoms with Crippen LogP contribution in [0.1, 0.15) is 0 Å². The van der Waals surface area contributed by atoms with E-state index in [2.05, 4.69) is 132 Å². The molecule has 0 bridgehead atoms. The quantitative estimate of drug-likeness (QED) is 0.172. The fourth-order valence-electron chi connectivity index (χ4n) is 7.90. The summed E-state index contributed by atoms with van der Waals surface area (Å²) in [6, 6.07) is 67.6. The number of benzene rings is 8. The van der Waals surface area contributed by atoms with Crippen molar-refractivity contribution in [3.63, 3.8) is 0 Å². The van der Waals surface area contributed by atoms with E-state index >= 15 is 0 Å². The highest BCUT2D eigenvalue weighted by molar-refractivity contribution is 6.11. The van der Waals surface area contributed by atoms with E-state index < -0.39 is 0 Å². The molecule has 0 amide bonds. The van der Waals surface area contributed by atoms with Gasteiger partial charge in [0.2, 0.25) is 0 Å². The molecule has 5 nitrogen and oxygen atoms in total. The van der Waals surface area contributed by atoms with Crippen molar-refractivity contribution in [2.45, 2.75) is 0 Å². The van der Waals surface area contributed by atoms with Gasteiger partial charge in [0.15, 0.2) is 17.5 Å². The molecule has 56 heavy (non-hydrogen) atoms. The van der Waals surface area contributed by atoms with Crippen LogP contribution < -0.4 is 0 Å². The number of aromatic nitrogens is 4. The maximum absolute atomic E-state index is 6.43. The summed E-state index contributed by atoms with van der Waals surface area (Å²) in [4.78, 5) is 14.7. The average molecular weight is 717 g/mol. The van der Waals surface area contributed by atoms with Gasteiger partial charge in [-0.3, -0.25) is 0 Å². The zero-order chi connectivity index (χ0) is 37.0. The minimum Gasteiger partial charge on any atom is -0.456 e. The predicted octanol–water partition coefficient (Wildman–Crippen LogP) is 13.2. The van der Waals surface area contributed by atoms with Crippen LogP contribution in [0.5, 0.6) is 0 Å². The van der Waals surface area contributed by atoms with Crippen molar-refractivity contribution in [1.29, 1.82) is 0 Å². The smallest absolute Gasteiger partial charge is 0.164 e. The lowest BCUT2D eigenvalue weighted by molar-refractivity contribution is 0.669. The molecule has 262 valence electrons. The third-order valence-corrected chi connectivity index (χ3v) is 10.7. The maximum Gasteiger partial charge on any atom is 0.164 e. The number of hydrogen-bond acceptors (Lipinski definition) is 4. The van der Waals surface area contributed by atoms with Crippen LogP contribution in [0.2, 0.25) is 0 Å². The van der Waals surface area contributed by atoms with Gasteiger partial charge in [0.1, 0.15) is 11.2 Å². The third-order valence-electron chi connectivity index (χ3n) is 10.7. The Balaban J connectivity index is 0.932. The normalized spacial score (nSPS) is 11.6. The maximum atomic E-state index is 6.43. The Kier molecular flexibility index (Phi) is 7.42. The molecule has 0 aliphatic heterocycles. The van der Waals surface area contributed by atoms with Gasteiger partial charge in [-0.2, -0.15) is 0 Å². The monoisotopic (exact) mass is 716 g/mol. The van der Waals surface area contributed by atoms with Crippen molar-refractivity contribution in [3.05, 3.63) is 194 Å². The first-order valence-corrected chi connectivity index (χ1v) is 18.8. The highest BCUT2D eigenvalue weighted by Gasteiger charge is 2.16. The molecule has 0 aliphatic rings. The number of para-hydroxylation sites is 2. The van der Waals surface area contributed by atoms with Crippen LogP contribution in [0.4, 0.5) is 0 Å². The molecule has 5 heteroatoms. The highest BCUT2D eigenvalue weighted by atomic mass is 16.3. The largest absolute Gasteiger partial charge is 0.456 e. The van der Waals surface area contributed by atoms with Crippen LogP contribution in [0, 0.1) is 0 Å². The van der Waals surface area contributed by atoms with E-state index in [9.17, 15) is 0 Å². The number of furan rings is 1. The Hall–Kier alpha value is -7.63. The van der Waals surface area contributed by atoms with E-state index in [4.69, 9.17) is 19.4 Å². The third kappa shape index (κ3) is 5.45. The number of nitrogens with zero attached hydrogens (tertiary/aromatic N) is 4. The zero-order valence-electron chi connectivity index (χ0n) is 30.2. The Morgan fingerprint density at radius 2 is 0.804 bits per heavy atom. The molecule has 0 unspecified atom stereocenters. The molecule has 0 fully saturated rings. The van der Waals surface area contributed by atoms with E-state index in [-0.39, 0.29) is 0 Å². The Labute approximate surface area is 322 Å². The van der Waals surface area contributed by atoms with E-state index in [1.807, 2.05) is 66.7 Å². The van der Waals surface area contributed by atoms with Gasteiger partial charge in [-0.05, 0) is 76.9 Å². The summed E-state index contributed by atoms with van der Waals surface area (Å²) < 4.78 is 8.79. The van der Waals surface area contributed by atoms with Crippen molar-refractivity contribution in [2.75, 3.05) is 0 Å². The zero-order valence-corrected chi connectivity index (χ0v) is 30.2. The second kappa shape index (κ2) is 13.0. The van der Waals surface area contributed by atoms with Crippen LogP contribution in [-0.2, 0) is 0 Å². The molecule has 3 heterocycles. The number of rotatable bonds is 6. The van der Waals surface area contributed by atoms with Gasteiger partial charge in [-0.15, -0.1) is 0 Å². The van der Waals surface area contributed by atoms with Gasteiger partial charge in [0.05, 0.1) is 11.0 Å². The number of hydrogen-bond donors (Lipinski definition) is 0. The topological polar surface area (TPSA) is 56.7 Å². The van der Waals surface area contributed by atoms with Gasteiger partial charge in [-0.1, -0.05) is 140 Å². The molecule has 11 rings (SSSR count). The first-order chi connectivity index (χ1) is 27.7. The van der Waals surface area contributed by atoms with Crippen LogP contribution in [0.3, 0.4) is 0 Å². The molecular formula is C51H32N4O. The SMILES string of the molecule is c1ccc(-c2nc(-c3ccccc3)nc(-c3ccc4c(c3)oc3ccc(-c5ccc(-c6ccc7c(c6)c6ccccc6n7-c6ccccc6)cc5)cc34)n2)cc1. The summed E-state index contributed by atoms with van der Waals surface area (Å²) in [5, 5.41) is 4.61. The molecule has 0 saturated heterocycles. The molecule has 0 N–H and O–H groups in total. The fourth-order valence-corrected chi connectivity index (χ4v) is 7.90. The lowest BCUT2D eigenvalue weighted by Crippen LogP contribution is -2.00. The van der Waals surface area contributed by atoms with E-state index in [0.29, 0.717) is 17.5 Å². The molecule has 0 saturated carbocycles. The number of fused-ring (bicyclic) bond motifs is 6. The lowest BCUT2D eigenvalue weighted by Gasteiger charge is -2.09. The van der Waals surface area contributed by atoms with E-state index in [0.717, 1.165) is 55.4 Å². The minimum absolute atomic E-state index is 0.599. The van der Waals surface area contributed by atoms with Gasteiger partial charge in [0, 0.05) is 43.9 Å². The van der Waals surface area contributed by atoms with Gasteiger partial charge in [0.25, 0.3) is 0 Å². The van der Waals surface area contributed by atoms with Crippen molar-refractivity contribution in [2.24, 2.45) is 0 Å². The standard InChI is InChI=1S/C51H32N4O/c1-4-12-35(13-5-1)49-52-50(36-14-6-2-7-15-36)54-51(53-49)39-24-27-42-44-31-38(26-29-47(44)56-48(42)32-39)34-22-20-33(21-23-34)37-25-28-46-43(30-37)41-18-10-11-19-45(41)55(46)40-16-8-3-9-17-40/h1-32H. The molecule has 0 radical (unpaired) electrons. The predicted molar refractivity (Wildman–Crippen MR) is 229 cm³/mol. The first-order valence-electron chi connectivity index (χ1n) is 18.8. The fraction of sp³-hybridized carbons (Fsp3) is 0. The van der Waals surface area contributed by atoms with Crippen molar-refractivity contribution >= 4 is 43.7 Å². The van der Waals surface area contributed by atoms with Crippen LogP contribution in [-0.4, -0.2) is 19.5 Å². The van der Waals surface area contributed by atoms with Crippen LogP contribution >= 0.6 is 0 Å². The molecular weight excluding hydrogens is 685 g/mol. The van der Waals surface area contributed by atoms with Crippen LogP contribution in [0.25, 0.3) is 106 Å². The lowest BCUT2D eigenvalue weighted by atomic mass is 9.98. The van der Waals surface area contributed by atoms with Crippen molar-refractivity contribution < 1.29 is 4.42 Å². The van der Waals surface area contributed by atoms with Crippen molar-refractivity contribution in [3.8, 4) is 62.1 Å². The van der Waals surface area contributed by atoms with Gasteiger partial charge in [-0.25, -0.2) is 15.0 Å². The Morgan fingerprint density at radius 1 is 0.304 bits per heavy atom. The summed E-state index contributed by atoms with van der Waals surface area (Å²) in [5.74, 6) is 1.86. The minimum atomic E-state index is 0.599. The van der Waals surface area contributed by atoms with Crippen LogP contribution in [0.15, 0.2) is 199 Å². The van der Waals surface area contributed by atoms with Gasteiger partial charge < -0.3 is 8.98 Å². The molecule has 8 aromatic carbocycles. The van der Waals surface area contributed by atoms with Crippen molar-refractivity contribution in [1.82, 2.24) is 19.5 Å². The first kappa shape index (κ1) is 31.9. The second-order valence-corrected chi connectivity index (χ2v) is 14.1. The highest BCUT2D eigenvalue weighted by Crippen LogP contribution is 2.37. The molecule has 3 aromatic heterocycles. The summed E-state index contributed by atoms with van der Waals surface area (Å²) in [5.41, 5.74) is 12.6. The summed E-state index contributed by atoms with van der Waals surface area (Å²) in [6.45, 7) is 0. The molecule has 0 atom stereocenters. The summed E-state index contributed by atoms with van der Waals surface area (Å²) in [7, 11) is 0.